The molecule has 0 spiro atoms. The number of pyridine rings is 2. The van der Waals surface area contributed by atoms with E-state index in [4.69, 9.17) is 10.8 Å². The number of aromatic nitrogens is 4. The third kappa shape index (κ3) is 4.87. The van der Waals surface area contributed by atoms with Crippen LogP contribution in [0.3, 0.4) is 0 Å². The quantitative estimate of drug-likeness (QED) is 0.229. The number of rotatable bonds is 6. The van der Waals surface area contributed by atoms with Gasteiger partial charge in [0.05, 0.1) is 17.6 Å². The number of H-pyrrole nitrogens is 1. The van der Waals surface area contributed by atoms with Crippen LogP contribution in [-0.2, 0) is 0 Å². The predicted molar refractivity (Wildman–Crippen MR) is 117 cm³/mol. The van der Waals surface area contributed by atoms with Gasteiger partial charge in [-0.3, -0.25) is 4.98 Å². The Kier molecular flexibility index (Phi) is 6.72. The van der Waals surface area contributed by atoms with Crippen molar-refractivity contribution in [2.75, 3.05) is 19.7 Å². The lowest BCUT2D eigenvalue weighted by molar-refractivity contribution is 0.293. The van der Waals surface area contributed by atoms with Crippen molar-refractivity contribution < 1.29 is 5.11 Å². The molecule has 0 aromatic carbocycles. The van der Waals surface area contributed by atoms with Gasteiger partial charge in [0.25, 0.3) is 0 Å². The standard InChI is InChI=1S/C17H14N6.C4H11NO/c1-2-16(18)22-15-8-12(10-23-6-5-20-17(15)23)11-7-14-13(21-9-11)3-4-19-14;1-2-5-3-4-6/h2-10,19H,1H2,(H2,18,22);5-6H,2-4H2,1H3. The predicted octanol–water partition coefficient (Wildman–Crippen LogP) is 2.64. The normalized spacial score (nSPS) is 11.4. The summed E-state index contributed by atoms with van der Waals surface area (Å²) in [5.41, 5.74) is 11.1. The molecule has 0 saturated carbocycles. The van der Waals surface area contributed by atoms with Crippen molar-refractivity contribution in [3.63, 3.8) is 0 Å². The Bertz CT molecular complexity index is 1120. The van der Waals surface area contributed by atoms with Gasteiger partial charge < -0.3 is 25.5 Å². The number of amidine groups is 1. The summed E-state index contributed by atoms with van der Waals surface area (Å²) in [5.74, 6) is 0.352. The van der Waals surface area contributed by atoms with Crippen LogP contribution in [0.15, 0.2) is 66.8 Å². The molecule has 0 radical (unpaired) electrons. The second kappa shape index (κ2) is 9.63. The smallest absolute Gasteiger partial charge is 0.162 e. The summed E-state index contributed by atoms with van der Waals surface area (Å²) >= 11 is 0. The molecule has 4 aromatic heterocycles. The van der Waals surface area contributed by atoms with Crippen molar-refractivity contribution in [2.45, 2.75) is 6.92 Å². The first-order valence-corrected chi connectivity index (χ1v) is 9.34. The van der Waals surface area contributed by atoms with Crippen LogP contribution >= 0.6 is 0 Å². The van der Waals surface area contributed by atoms with Crippen LogP contribution in [0.4, 0.5) is 5.69 Å². The molecule has 8 nitrogen and oxygen atoms in total. The van der Waals surface area contributed by atoms with Gasteiger partial charge >= 0.3 is 0 Å². The first-order valence-electron chi connectivity index (χ1n) is 9.34. The largest absolute Gasteiger partial charge is 0.395 e. The third-order valence-corrected chi connectivity index (χ3v) is 4.20. The van der Waals surface area contributed by atoms with E-state index < -0.39 is 0 Å². The molecular formula is C21H25N7O. The molecule has 5 N–H and O–H groups in total. The summed E-state index contributed by atoms with van der Waals surface area (Å²) in [4.78, 5) is 16.3. The lowest BCUT2D eigenvalue weighted by Crippen LogP contribution is -2.16. The third-order valence-electron chi connectivity index (χ3n) is 4.20. The summed E-state index contributed by atoms with van der Waals surface area (Å²) in [6.45, 7) is 7.55. The monoisotopic (exact) mass is 391 g/mol. The number of aliphatic hydroxyl groups is 1. The van der Waals surface area contributed by atoms with E-state index in [0.29, 0.717) is 11.5 Å². The van der Waals surface area contributed by atoms with Gasteiger partial charge in [-0.2, -0.15) is 0 Å². The molecule has 0 fully saturated rings. The topological polar surface area (TPSA) is 117 Å². The molecule has 0 amide bonds. The second-order valence-electron chi connectivity index (χ2n) is 6.22. The van der Waals surface area contributed by atoms with Gasteiger partial charge in [0, 0.05) is 48.7 Å². The Hall–Kier alpha value is -3.49. The van der Waals surface area contributed by atoms with Crippen molar-refractivity contribution in [1.29, 1.82) is 0 Å². The van der Waals surface area contributed by atoms with Crippen LogP contribution in [0.1, 0.15) is 6.92 Å². The first kappa shape index (κ1) is 20.2. The maximum atomic E-state index is 8.13. The van der Waals surface area contributed by atoms with Crippen LogP contribution in [0, 0.1) is 0 Å². The Morgan fingerprint density at radius 3 is 2.97 bits per heavy atom. The fourth-order valence-corrected chi connectivity index (χ4v) is 2.79. The minimum atomic E-state index is 0.244. The van der Waals surface area contributed by atoms with E-state index in [1.54, 1.807) is 6.20 Å². The number of nitrogens with two attached hydrogens (primary N) is 1. The van der Waals surface area contributed by atoms with Gasteiger partial charge in [0.2, 0.25) is 0 Å². The van der Waals surface area contributed by atoms with Crippen molar-refractivity contribution in [1.82, 2.24) is 24.7 Å². The average molecular weight is 391 g/mol. The molecule has 4 aromatic rings. The molecular weight excluding hydrogens is 366 g/mol. The SMILES string of the molecule is C=CC(N)=Nc1cc(-c2cnc3cc[nH]c3c2)cn2ccnc12.CCNCCO. The summed E-state index contributed by atoms with van der Waals surface area (Å²) in [5, 5.41) is 11.1. The summed E-state index contributed by atoms with van der Waals surface area (Å²) in [6.07, 6.45) is 10.8. The molecule has 0 saturated heterocycles. The van der Waals surface area contributed by atoms with E-state index in [2.05, 4.69) is 37.9 Å². The number of nitrogens with zero attached hydrogens (tertiary/aromatic N) is 4. The number of fused-ring (bicyclic) bond motifs is 2. The van der Waals surface area contributed by atoms with Crippen molar-refractivity contribution in [3.8, 4) is 11.1 Å². The Morgan fingerprint density at radius 1 is 1.38 bits per heavy atom. The van der Waals surface area contributed by atoms with Crippen LogP contribution in [-0.4, -0.2) is 50.0 Å². The van der Waals surface area contributed by atoms with E-state index in [0.717, 1.165) is 40.9 Å². The fraction of sp³-hybridized carbons (Fsp3) is 0.190. The van der Waals surface area contributed by atoms with E-state index in [1.807, 2.05) is 48.2 Å². The highest BCUT2D eigenvalue weighted by atomic mass is 16.3. The zero-order valence-electron chi connectivity index (χ0n) is 16.3. The average Bonchev–Trinajstić information content (AvgIpc) is 3.41. The first-order chi connectivity index (χ1) is 14.2. The minimum absolute atomic E-state index is 0.244. The Morgan fingerprint density at radius 2 is 2.24 bits per heavy atom. The highest BCUT2D eigenvalue weighted by Crippen LogP contribution is 2.28. The molecule has 0 aliphatic heterocycles. The molecule has 0 aliphatic carbocycles. The second-order valence-corrected chi connectivity index (χ2v) is 6.22. The zero-order chi connectivity index (χ0) is 20.6. The summed E-state index contributed by atoms with van der Waals surface area (Å²) in [7, 11) is 0. The summed E-state index contributed by atoms with van der Waals surface area (Å²) < 4.78 is 1.92. The molecule has 0 unspecified atom stereocenters. The molecule has 0 atom stereocenters. The maximum Gasteiger partial charge on any atom is 0.162 e. The van der Waals surface area contributed by atoms with Crippen LogP contribution in [0.25, 0.3) is 27.8 Å². The van der Waals surface area contributed by atoms with Gasteiger partial charge in [-0.15, -0.1) is 0 Å². The number of hydrogen-bond donors (Lipinski definition) is 4. The van der Waals surface area contributed by atoms with Crippen molar-refractivity contribution in [3.05, 3.63) is 61.8 Å². The van der Waals surface area contributed by atoms with Gasteiger partial charge in [-0.1, -0.05) is 13.5 Å². The van der Waals surface area contributed by atoms with E-state index >= 15 is 0 Å². The molecule has 4 heterocycles. The van der Waals surface area contributed by atoms with E-state index in [-0.39, 0.29) is 6.61 Å². The lowest BCUT2D eigenvalue weighted by atomic mass is 10.1. The molecule has 0 aliphatic rings. The number of aliphatic imine (C=N–C) groups is 1. The minimum Gasteiger partial charge on any atom is -0.395 e. The lowest BCUT2D eigenvalue weighted by Gasteiger charge is -2.06. The highest BCUT2D eigenvalue weighted by molar-refractivity contribution is 5.94. The summed E-state index contributed by atoms with van der Waals surface area (Å²) in [6, 6.07) is 5.95. The zero-order valence-corrected chi connectivity index (χ0v) is 16.3. The van der Waals surface area contributed by atoms with E-state index in [1.165, 1.54) is 6.08 Å². The fourth-order valence-electron chi connectivity index (χ4n) is 2.79. The van der Waals surface area contributed by atoms with Gasteiger partial charge in [-0.25, -0.2) is 9.98 Å². The molecule has 0 bridgehead atoms. The van der Waals surface area contributed by atoms with Gasteiger partial charge in [-0.05, 0) is 30.8 Å². The number of aromatic amines is 1. The Labute approximate surface area is 168 Å². The van der Waals surface area contributed by atoms with E-state index in [9.17, 15) is 0 Å². The highest BCUT2D eigenvalue weighted by Gasteiger charge is 2.08. The maximum absolute atomic E-state index is 8.13. The molecule has 150 valence electrons. The van der Waals surface area contributed by atoms with Crippen molar-refractivity contribution in [2.24, 2.45) is 10.7 Å². The number of nitrogens with one attached hydrogen (secondary N) is 2. The van der Waals surface area contributed by atoms with Gasteiger partial charge in [0.1, 0.15) is 11.5 Å². The Balaban J connectivity index is 0.000000353. The van der Waals surface area contributed by atoms with Gasteiger partial charge in [0.15, 0.2) is 5.65 Å². The molecule has 29 heavy (non-hydrogen) atoms. The van der Waals surface area contributed by atoms with Crippen molar-refractivity contribution >= 4 is 28.2 Å². The number of likely N-dealkylation sites (N-methyl/N-ethyl adjacent to an activating group) is 1. The number of imidazole rings is 1. The molecule has 8 heteroatoms. The number of aliphatic hydroxyl groups excluding tert-OH is 1. The molecule has 4 rings (SSSR count). The number of hydrogen-bond acceptors (Lipinski definition) is 5. The van der Waals surface area contributed by atoms with Crippen LogP contribution in [0.5, 0.6) is 0 Å². The van der Waals surface area contributed by atoms with Crippen LogP contribution < -0.4 is 11.1 Å². The van der Waals surface area contributed by atoms with Crippen LogP contribution in [0.2, 0.25) is 0 Å².